The van der Waals surface area contributed by atoms with Crippen molar-refractivity contribution in [3.05, 3.63) is 81.9 Å². The van der Waals surface area contributed by atoms with Crippen molar-refractivity contribution < 1.29 is 23.9 Å². The van der Waals surface area contributed by atoms with Crippen molar-refractivity contribution in [2.45, 2.75) is 0 Å². The smallest absolute Gasteiger partial charge is 0.269 e. The fourth-order valence-electron chi connectivity index (χ4n) is 3.42. The topological polar surface area (TPSA) is 127 Å². The fraction of sp³-hybridized carbons (Fsp3) is 0.120. The number of thiazole rings is 1. The number of allylic oxidation sites excluding steroid dienone is 1. The zero-order valence-corrected chi connectivity index (χ0v) is 20.3. The van der Waals surface area contributed by atoms with Crippen LogP contribution in [0.15, 0.2) is 61.2 Å². The number of nitro benzene ring substituents is 1. The number of ketones is 1. The number of nitro groups is 1. The number of hydrogen-bond acceptors (Lipinski definition) is 10. The van der Waals surface area contributed by atoms with Crippen LogP contribution in [0.2, 0.25) is 0 Å². The summed E-state index contributed by atoms with van der Waals surface area (Å²) < 4.78 is 16.4. The number of methoxy groups -OCH3 is 3. The lowest BCUT2D eigenvalue weighted by atomic mass is 10.1. The van der Waals surface area contributed by atoms with Crippen LogP contribution in [0.1, 0.15) is 15.4 Å². The van der Waals surface area contributed by atoms with Crippen LogP contribution in [-0.4, -0.2) is 47.0 Å². The summed E-state index contributed by atoms with van der Waals surface area (Å²) in [6, 6.07) is 9.00. The highest BCUT2D eigenvalue weighted by atomic mass is 32.1. The molecule has 0 aliphatic carbocycles. The molecule has 0 saturated heterocycles. The largest absolute Gasteiger partial charge is 0.493 e. The number of hydrogen-bond donors (Lipinski definition) is 0. The van der Waals surface area contributed by atoms with Gasteiger partial charge in [-0.2, -0.15) is 0 Å². The van der Waals surface area contributed by atoms with Crippen LogP contribution < -0.4 is 14.2 Å². The van der Waals surface area contributed by atoms with Crippen molar-refractivity contribution in [1.29, 1.82) is 0 Å². The predicted octanol–water partition coefficient (Wildman–Crippen LogP) is 5.10. The molecule has 4 rings (SSSR count). The number of ether oxygens (including phenoxy) is 3. The van der Waals surface area contributed by atoms with E-state index in [4.69, 9.17) is 19.2 Å². The minimum atomic E-state index is -0.515. The molecule has 0 N–H and O–H groups in total. The van der Waals surface area contributed by atoms with Gasteiger partial charge in [0.25, 0.3) is 5.69 Å². The van der Waals surface area contributed by atoms with Crippen LogP contribution in [0.3, 0.4) is 0 Å². The van der Waals surface area contributed by atoms with Crippen LogP contribution in [0.25, 0.3) is 27.8 Å². The Balaban J connectivity index is 1.75. The molecule has 2 aromatic heterocycles. The van der Waals surface area contributed by atoms with Gasteiger partial charge in [-0.15, -0.1) is 11.3 Å². The molecule has 182 valence electrons. The highest BCUT2D eigenvalue weighted by Gasteiger charge is 2.20. The Bertz CT molecular complexity index is 1410. The third-order valence-electron chi connectivity index (χ3n) is 5.14. The molecular weight excluding hydrogens is 484 g/mol. The Hall–Kier alpha value is -4.64. The summed E-state index contributed by atoms with van der Waals surface area (Å²) in [4.78, 5) is 36.7. The summed E-state index contributed by atoms with van der Waals surface area (Å²) >= 11 is 1.36. The van der Waals surface area contributed by atoms with Gasteiger partial charge in [-0.05, 0) is 36.4 Å². The Morgan fingerprint density at radius 1 is 0.972 bits per heavy atom. The maximum absolute atomic E-state index is 12.6. The lowest BCUT2D eigenvalue weighted by molar-refractivity contribution is -0.384. The molecule has 2 aromatic carbocycles. The maximum Gasteiger partial charge on any atom is 0.269 e. The van der Waals surface area contributed by atoms with E-state index >= 15 is 0 Å². The highest BCUT2D eigenvalue weighted by molar-refractivity contribution is 7.16. The van der Waals surface area contributed by atoms with Gasteiger partial charge in [-0.25, -0.2) is 15.0 Å². The standard InChI is InChI=1S/C25H20N4O6S/c1-33-20-10-16(11-21(34-2)24(20)35-3)23-25(17-12-26-14-27-13-17)36-22(28-23)9-8-19(30)15-4-6-18(7-5-15)29(31)32/h4-14H,1-3H3/b9-8+. The van der Waals surface area contributed by atoms with Crippen molar-refractivity contribution in [2.24, 2.45) is 0 Å². The molecule has 2 heterocycles. The molecular formula is C25H20N4O6S. The average molecular weight is 505 g/mol. The SMILES string of the molecule is COc1cc(-c2nc(/C=C/C(=O)c3ccc([N+](=O)[O-])cc3)sc2-c2cncnc2)cc(OC)c1OC. The van der Waals surface area contributed by atoms with Crippen molar-refractivity contribution in [3.8, 4) is 38.9 Å². The number of aromatic nitrogens is 3. The Morgan fingerprint density at radius 3 is 2.17 bits per heavy atom. The number of carbonyl (C=O) groups excluding carboxylic acids is 1. The fourth-order valence-corrected chi connectivity index (χ4v) is 4.39. The van der Waals surface area contributed by atoms with Crippen LogP contribution in [0.4, 0.5) is 5.69 Å². The molecule has 0 fully saturated rings. The Morgan fingerprint density at radius 2 is 1.61 bits per heavy atom. The molecule has 0 aliphatic heterocycles. The quantitative estimate of drug-likeness (QED) is 0.132. The van der Waals surface area contributed by atoms with Crippen LogP contribution in [-0.2, 0) is 0 Å². The lowest BCUT2D eigenvalue weighted by Crippen LogP contribution is -1.96. The monoisotopic (exact) mass is 504 g/mol. The average Bonchev–Trinajstić information content (AvgIpc) is 3.35. The first-order chi connectivity index (χ1) is 17.4. The van der Waals surface area contributed by atoms with Gasteiger partial charge in [0, 0.05) is 41.2 Å². The van der Waals surface area contributed by atoms with Gasteiger partial charge in [0.05, 0.1) is 36.8 Å². The third kappa shape index (κ3) is 5.05. The lowest BCUT2D eigenvalue weighted by Gasteiger charge is -2.14. The zero-order valence-electron chi connectivity index (χ0n) is 19.5. The molecule has 0 aliphatic rings. The van der Waals surface area contributed by atoms with Gasteiger partial charge >= 0.3 is 0 Å². The summed E-state index contributed by atoms with van der Waals surface area (Å²) in [7, 11) is 4.60. The van der Waals surface area contributed by atoms with Gasteiger partial charge in [-0.1, -0.05) is 0 Å². The van der Waals surface area contributed by atoms with Crippen LogP contribution in [0, 0.1) is 10.1 Å². The molecule has 36 heavy (non-hydrogen) atoms. The molecule has 11 heteroatoms. The molecule has 0 unspecified atom stereocenters. The van der Waals surface area contributed by atoms with E-state index < -0.39 is 4.92 Å². The second-order valence-corrected chi connectivity index (χ2v) is 8.30. The molecule has 0 spiro atoms. The van der Waals surface area contributed by atoms with Gasteiger partial charge in [-0.3, -0.25) is 14.9 Å². The minimum absolute atomic E-state index is 0.0832. The maximum atomic E-state index is 12.6. The summed E-state index contributed by atoms with van der Waals surface area (Å²) in [5, 5.41) is 11.4. The minimum Gasteiger partial charge on any atom is -0.493 e. The Labute approximate surface area is 210 Å². The normalized spacial score (nSPS) is 10.9. The van der Waals surface area contributed by atoms with Gasteiger partial charge in [0.1, 0.15) is 11.3 Å². The van der Waals surface area contributed by atoms with Crippen molar-refractivity contribution >= 4 is 28.9 Å². The van der Waals surface area contributed by atoms with Crippen LogP contribution >= 0.6 is 11.3 Å². The van der Waals surface area contributed by atoms with E-state index in [1.54, 1.807) is 30.6 Å². The molecule has 0 atom stereocenters. The first-order valence-corrected chi connectivity index (χ1v) is 11.3. The second kappa shape index (κ2) is 10.7. The number of carbonyl (C=O) groups is 1. The number of rotatable bonds is 9. The van der Waals surface area contributed by atoms with Crippen LogP contribution in [0.5, 0.6) is 17.2 Å². The zero-order chi connectivity index (χ0) is 25.7. The van der Waals surface area contributed by atoms with Gasteiger partial charge < -0.3 is 14.2 Å². The number of non-ortho nitro benzene ring substituents is 1. The predicted molar refractivity (Wildman–Crippen MR) is 135 cm³/mol. The van der Waals surface area contributed by atoms with Crippen molar-refractivity contribution in [1.82, 2.24) is 15.0 Å². The van der Waals surface area contributed by atoms with Gasteiger partial charge in [0.15, 0.2) is 17.3 Å². The van der Waals surface area contributed by atoms with E-state index in [1.165, 1.54) is 69.3 Å². The summed E-state index contributed by atoms with van der Waals surface area (Å²) in [6.07, 6.45) is 7.77. The summed E-state index contributed by atoms with van der Waals surface area (Å²) in [6.45, 7) is 0. The number of benzene rings is 2. The van der Waals surface area contributed by atoms with E-state index in [0.29, 0.717) is 39.1 Å². The highest BCUT2D eigenvalue weighted by Crippen LogP contribution is 2.44. The van der Waals surface area contributed by atoms with E-state index in [0.717, 1.165) is 10.4 Å². The van der Waals surface area contributed by atoms with E-state index in [9.17, 15) is 14.9 Å². The number of nitrogens with zero attached hydrogens (tertiary/aromatic N) is 4. The van der Waals surface area contributed by atoms with E-state index in [1.807, 2.05) is 0 Å². The summed E-state index contributed by atoms with van der Waals surface area (Å²) in [5.41, 5.74) is 2.33. The third-order valence-corrected chi connectivity index (χ3v) is 6.21. The molecule has 0 amide bonds. The van der Waals surface area contributed by atoms with E-state index in [-0.39, 0.29) is 11.5 Å². The molecule has 10 nitrogen and oxygen atoms in total. The van der Waals surface area contributed by atoms with Crippen molar-refractivity contribution in [3.63, 3.8) is 0 Å². The molecule has 4 aromatic rings. The van der Waals surface area contributed by atoms with Gasteiger partial charge in [0.2, 0.25) is 5.75 Å². The van der Waals surface area contributed by atoms with Crippen molar-refractivity contribution in [2.75, 3.05) is 21.3 Å². The molecule has 0 radical (unpaired) electrons. The molecule has 0 bridgehead atoms. The molecule has 0 saturated carbocycles. The van der Waals surface area contributed by atoms with E-state index in [2.05, 4.69) is 9.97 Å². The first kappa shape index (κ1) is 24.5. The second-order valence-electron chi connectivity index (χ2n) is 7.27. The Kier molecular flexibility index (Phi) is 7.31. The first-order valence-electron chi connectivity index (χ1n) is 10.5. The summed E-state index contributed by atoms with van der Waals surface area (Å²) in [5.74, 6) is 1.09.